The molecule has 5 heteroatoms. The highest BCUT2D eigenvalue weighted by atomic mass is 32.2. The number of fused-ring (bicyclic) bond motifs is 1. The van der Waals surface area contributed by atoms with Crippen LogP contribution in [-0.4, -0.2) is 10.7 Å². The van der Waals surface area contributed by atoms with Gasteiger partial charge in [-0.1, -0.05) is 11.3 Å². The minimum absolute atomic E-state index is 0.577. The summed E-state index contributed by atoms with van der Waals surface area (Å²) in [6.45, 7) is 0. The van der Waals surface area contributed by atoms with E-state index in [1.807, 2.05) is 12.1 Å². The van der Waals surface area contributed by atoms with Gasteiger partial charge in [-0.2, -0.15) is 5.26 Å². The molecule has 0 saturated heterocycles. The monoisotopic (exact) mass is 235 g/mol. The Bertz CT molecular complexity index is 513. The van der Waals surface area contributed by atoms with Gasteiger partial charge in [-0.15, -0.1) is 11.8 Å². The highest BCUT2D eigenvalue weighted by Crippen LogP contribution is 2.28. The summed E-state index contributed by atoms with van der Waals surface area (Å²) in [6.07, 6.45) is 0.577. The number of nitrogen functional groups attached to an aromatic ring is 1. The van der Waals surface area contributed by atoms with E-state index in [0.29, 0.717) is 11.6 Å². The molecule has 0 radical (unpaired) electrons. The number of nitriles is 1. The second-order valence-electron chi connectivity index (χ2n) is 2.94. The third-order valence-electron chi connectivity index (χ3n) is 1.86. The molecule has 0 aliphatic rings. The van der Waals surface area contributed by atoms with E-state index in [0.717, 1.165) is 16.0 Å². The molecule has 0 aliphatic heterocycles. The van der Waals surface area contributed by atoms with E-state index in [1.165, 1.54) is 16.2 Å². The van der Waals surface area contributed by atoms with Crippen molar-refractivity contribution in [3.05, 3.63) is 18.2 Å². The molecule has 15 heavy (non-hydrogen) atoms. The first-order valence-corrected chi connectivity index (χ1v) is 6.25. The first-order valence-electron chi connectivity index (χ1n) is 4.45. The van der Waals surface area contributed by atoms with Crippen molar-refractivity contribution in [2.45, 2.75) is 11.3 Å². The molecule has 0 spiro atoms. The van der Waals surface area contributed by atoms with E-state index < -0.39 is 0 Å². The molecular weight excluding hydrogens is 226 g/mol. The van der Waals surface area contributed by atoms with E-state index in [-0.39, 0.29) is 0 Å². The summed E-state index contributed by atoms with van der Waals surface area (Å²) in [5, 5.41) is 9.03. The van der Waals surface area contributed by atoms with Crippen LogP contribution in [0.2, 0.25) is 0 Å². The third kappa shape index (κ3) is 2.41. The molecular formula is C10H9N3S2. The second-order valence-corrected chi connectivity index (χ2v) is 5.17. The lowest BCUT2D eigenvalue weighted by Crippen LogP contribution is -1.79. The number of anilines is 1. The lowest BCUT2D eigenvalue weighted by Gasteiger charge is -1.97. The molecule has 2 N–H and O–H groups in total. The van der Waals surface area contributed by atoms with Gasteiger partial charge < -0.3 is 5.73 Å². The Labute approximate surface area is 95.9 Å². The summed E-state index contributed by atoms with van der Waals surface area (Å²) in [4.78, 5) is 5.35. The Hall–Kier alpha value is -1.25. The van der Waals surface area contributed by atoms with E-state index in [2.05, 4.69) is 17.1 Å². The molecule has 0 amide bonds. The van der Waals surface area contributed by atoms with Crippen LogP contribution in [0.15, 0.2) is 23.1 Å². The van der Waals surface area contributed by atoms with Crippen molar-refractivity contribution in [2.75, 3.05) is 11.5 Å². The number of benzene rings is 1. The largest absolute Gasteiger partial charge is 0.375 e. The molecule has 2 aromatic rings. The fourth-order valence-corrected chi connectivity index (χ4v) is 2.87. The summed E-state index contributed by atoms with van der Waals surface area (Å²) in [5.74, 6) is 0.830. The van der Waals surface area contributed by atoms with Crippen LogP contribution in [-0.2, 0) is 0 Å². The molecule has 0 fully saturated rings. The van der Waals surface area contributed by atoms with Crippen LogP contribution in [0.1, 0.15) is 6.42 Å². The first-order chi connectivity index (χ1) is 7.29. The molecule has 1 heterocycles. The number of thiazole rings is 1. The van der Waals surface area contributed by atoms with Crippen molar-refractivity contribution in [3.63, 3.8) is 0 Å². The zero-order chi connectivity index (χ0) is 10.7. The van der Waals surface area contributed by atoms with Crippen LogP contribution in [0.5, 0.6) is 0 Å². The summed E-state index contributed by atoms with van der Waals surface area (Å²) in [7, 11) is 0. The molecule has 0 aliphatic carbocycles. The van der Waals surface area contributed by atoms with Crippen LogP contribution in [0.3, 0.4) is 0 Å². The van der Waals surface area contributed by atoms with Crippen molar-refractivity contribution in [1.29, 1.82) is 5.26 Å². The molecule has 0 saturated carbocycles. The Balaban J connectivity index is 2.19. The number of hydrogen-bond acceptors (Lipinski definition) is 5. The lowest BCUT2D eigenvalue weighted by atomic mass is 10.3. The van der Waals surface area contributed by atoms with Gasteiger partial charge in [0.2, 0.25) is 0 Å². The van der Waals surface area contributed by atoms with Crippen molar-refractivity contribution < 1.29 is 0 Å². The van der Waals surface area contributed by atoms with Gasteiger partial charge in [0.25, 0.3) is 0 Å². The van der Waals surface area contributed by atoms with Crippen molar-refractivity contribution >= 4 is 38.4 Å². The van der Waals surface area contributed by atoms with Crippen LogP contribution >= 0.6 is 23.1 Å². The molecule has 1 aromatic heterocycles. The zero-order valence-electron chi connectivity index (χ0n) is 7.93. The maximum Gasteiger partial charge on any atom is 0.181 e. The summed E-state index contributed by atoms with van der Waals surface area (Å²) in [5.41, 5.74) is 6.57. The number of hydrogen-bond donors (Lipinski definition) is 1. The van der Waals surface area contributed by atoms with Crippen LogP contribution in [0.4, 0.5) is 5.13 Å². The van der Waals surface area contributed by atoms with Gasteiger partial charge in [0.15, 0.2) is 5.13 Å². The van der Waals surface area contributed by atoms with Crippen LogP contribution < -0.4 is 5.73 Å². The molecule has 3 nitrogen and oxygen atoms in total. The quantitative estimate of drug-likeness (QED) is 0.656. The van der Waals surface area contributed by atoms with Gasteiger partial charge in [0.05, 0.1) is 16.3 Å². The minimum atomic E-state index is 0.577. The topological polar surface area (TPSA) is 62.7 Å². The van der Waals surface area contributed by atoms with Crippen molar-refractivity contribution in [1.82, 2.24) is 4.98 Å². The normalized spacial score (nSPS) is 10.3. The zero-order valence-corrected chi connectivity index (χ0v) is 9.57. The van der Waals surface area contributed by atoms with Crippen molar-refractivity contribution in [2.24, 2.45) is 0 Å². The molecule has 0 atom stereocenters. The molecule has 0 unspecified atom stereocenters. The van der Waals surface area contributed by atoms with E-state index in [9.17, 15) is 0 Å². The average Bonchev–Trinajstić information content (AvgIpc) is 2.57. The van der Waals surface area contributed by atoms with E-state index in [1.54, 1.807) is 11.8 Å². The average molecular weight is 235 g/mol. The van der Waals surface area contributed by atoms with Gasteiger partial charge in [0, 0.05) is 17.1 Å². The van der Waals surface area contributed by atoms with Crippen LogP contribution in [0.25, 0.3) is 10.2 Å². The van der Waals surface area contributed by atoms with Gasteiger partial charge in [-0.05, 0) is 18.2 Å². The summed E-state index contributed by atoms with van der Waals surface area (Å²) in [6, 6.07) is 8.19. The number of rotatable bonds is 3. The molecule has 1 aromatic carbocycles. The summed E-state index contributed by atoms with van der Waals surface area (Å²) >= 11 is 3.18. The number of nitrogens with two attached hydrogens (primary N) is 1. The van der Waals surface area contributed by atoms with Crippen molar-refractivity contribution in [3.8, 4) is 6.07 Å². The molecule has 0 bridgehead atoms. The van der Waals surface area contributed by atoms with Gasteiger partial charge in [0.1, 0.15) is 0 Å². The summed E-state index contributed by atoms with van der Waals surface area (Å²) < 4.78 is 1.11. The Morgan fingerprint density at radius 3 is 3.20 bits per heavy atom. The Morgan fingerprint density at radius 2 is 2.40 bits per heavy atom. The van der Waals surface area contributed by atoms with Gasteiger partial charge >= 0.3 is 0 Å². The highest BCUT2D eigenvalue weighted by Gasteiger charge is 2.02. The van der Waals surface area contributed by atoms with E-state index in [4.69, 9.17) is 11.0 Å². The lowest BCUT2D eigenvalue weighted by molar-refractivity contribution is 1.24. The Morgan fingerprint density at radius 1 is 1.53 bits per heavy atom. The minimum Gasteiger partial charge on any atom is -0.375 e. The maximum absolute atomic E-state index is 8.43. The number of thioether (sulfide) groups is 1. The standard InChI is InChI=1S/C10H9N3S2/c11-4-1-5-14-7-2-3-8-9(6-7)15-10(12)13-8/h2-3,6H,1,5H2,(H2,12,13). The van der Waals surface area contributed by atoms with E-state index >= 15 is 0 Å². The van der Waals surface area contributed by atoms with Gasteiger partial charge in [-0.3, -0.25) is 0 Å². The first kappa shape index (κ1) is 10.3. The van der Waals surface area contributed by atoms with Crippen LogP contribution in [0, 0.1) is 11.3 Å². The fourth-order valence-electron chi connectivity index (χ4n) is 1.23. The maximum atomic E-state index is 8.43. The molecule has 2 rings (SSSR count). The SMILES string of the molecule is N#CCCSc1ccc2nc(N)sc2c1. The third-order valence-corrected chi connectivity index (χ3v) is 3.70. The Kier molecular flexibility index (Phi) is 3.09. The predicted octanol–water partition coefficient (Wildman–Crippen LogP) is 2.88. The fraction of sp³-hybridized carbons (Fsp3) is 0.200. The highest BCUT2D eigenvalue weighted by molar-refractivity contribution is 7.99. The smallest absolute Gasteiger partial charge is 0.181 e. The number of aromatic nitrogens is 1. The molecule has 76 valence electrons. The second kappa shape index (κ2) is 4.51. The number of nitrogens with zero attached hydrogens (tertiary/aromatic N) is 2. The van der Waals surface area contributed by atoms with Gasteiger partial charge in [-0.25, -0.2) is 4.98 Å². The predicted molar refractivity (Wildman–Crippen MR) is 65.0 cm³/mol.